The van der Waals surface area contributed by atoms with Gasteiger partial charge in [-0.05, 0) is 18.2 Å². The lowest BCUT2D eigenvalue weighted by atomic mass is 10.1. The van der Waals surface area contributed by atoms with E-state index in [0.717, 1.165) is 6.07 Å². The second-order valence-electron chi connectivity index (χ2n) is 3.72. The Morgan fingerprint density at radius 1 is 0.950 bits per heavy atom. The number of nitrogens with zero attached hydrogens (tertiary/aromatic N) is 2. The Bertz CT molecular complexity index is 668. The second kappa shape index (κ2) is 4.66. The molecule has 106 valence electrons. The summed E-state index contributed by atoms with van der Waals surface area (Å²) in [6.07, 6.45) is -4.83. The molecule has 0 radical (unpaired) electrons. The first-order chi connectivity index (χ1) is 9.20. The third kappa shape index (κ3) is 2.51. The Balaban J connectivity index is 2.65. The van der Waals surface area contributed by atoms with Crippen molar-refractivity contribution in [1.82, 2.24) is 9.97 Å². The number of anilines is 1. The highest BCUT2D eigenvalue weighted by Crippen LogP contribution is 2.32. The molecule has 1 aromatic carbocycles. The van der Waals surface area contributed by atoms with Crippen LogP contribution in [0, 0.1) is 17.5 Å². The molecule has 2 aromatic rings. The Morgan fingerprint density at radius 3 is 2.20 bits per heavy atom. The smallest absolute Gasteiger partial charge is 0.368 e. The van der Waals surface area contributed by atoms with Gasteiger partial charge in [0, 0.05) is 5.56 Å². The molecule has 2 N–H and O–H groups in total. The minimum absolute atomic E-state index is 0.395. The molecule has 0 spiro atoms. The Hall–Kier alpha value is -2.32. The van der Waals surface area contributed by atoms with Gasteiger partial charge in [-0.25, -0.2) is 23.1 Å². The first-order valence-corrected chi connectivity index (χ1v) is 5.06. The summed E-state index contributed by atoms with van der Waals surface area (Å²) in [6, 6.07) is 1.72. The Kier molecular flexibility index (Phi) is 3.28. The lowest BCUT2D eigenvalue weighted by molar-refractivity contribution is -0.141. The fourth-order valence-electron chi connectivity index (χ4n) is 1.47. The fraction of sp³-hybridized carbons (Fsp3) is 0.0909. The van der Waals surface area contributed by atoms with E-state index in [9.17, 15) is 26.3 Å². The first-order valence-electron chi connectivity index (χ1n) is 5.06. The quantitative estimate of drug-likeness (QED) is 0.649. The van der Waals surface area contributed by atoms with Crippen molar-refractivity contribution in [2.75, 3.05) is 5.73 Å². The van der Waals surface area contributed by atoms with Gasteiger partial charge in [-0.15, -0.1) is 0 Å². The molecule has 2 rings (SSSR count). The number of alkyl halides is 3. The van der Waals surface area contributed by atoms with Crippen molar-refractivity contribution in [2.45, 2.75) is 6.18 Å². The van der Waals surface area contributed by atoms with E-state index >= 15 is 0 Å². The summed E-state index contributed by atoms with van der Waals surface area (Å²) in [5.74, 6) is -5.70. The molecular formula is C11H5F6N3. The van der Waals surface area contributed by atoms with Crippen LogP contribution in [0.1, 0.15) is 5.69 Å². The van der Waals surface area contributed by atoms with Crippen LogP contribution in [0.5, 0.6) is 0 Å². The standard InChI is InChI=1S/C11H5F6N3/c12-5-2-1-4(8(13)9(5)14)6-3-7(11(15,16)17)20-10(18)19-6/h1-3H,(H2,18,19,20). The molecule has 9 heteroatoms. The predicted octanol–water partition coefficient (Wildman–Crippen LogP) is 3.16. The van der Waals surface area contributed by atoms with E-state index in [2.05, 4.69) is 9.97 Å². The van der Waals surface area contributed by atoms with E-state index < -0.39 is 46.5 Å². The van der Waals surface area contributed by atoms with Crippen LogP contribution in [0.2, 0.25) is 0 Å². The molecule has 1 aromatic heterocycles. The zero-order valence-corrected chi connectivity index (χ0v) is 9.47. The summed E-state index contributed by atoms with van der Waals surface area (Å²) < 4.78 is 76.9. The average Bonchev–Trinajstić information content (AvgIpc) is 2.34. The zero-order chi connectivity index (χ0) is 15.1. The summed E-state index contributed by atoms with van der Waals surface area (Å²) >= 11 is 0. The summed E-state index contributed by atoms with van der Waals surface area (Å²) in [7, 11) is 0. The number of rotatable bonds is 1. The third-order valence-corrected chi connectivity index (χ3v) is 2.35. The molecule has 0 atom stereocenters. The summed E-state index contributed by atoms with van der Waals surface area (Å²) in [5, 5.41) is 0. The molecule has 0 saturated heterocycles. The minimum atomic E-state index is -4.83. The van der Waals surface area contributed by atoms with Crippen molar-refractivity contribution in [3.8, 4) is 11.3 Å². The normalized spacial score (nSPS) is 11.7. The Labute approximate surface area is 108 Å². The van der Waals surface area contributed by atoms with Gasteiger partial charge in [0.1, 0.15) is 0 Å². The second-order valence-corrected chi connectivity index (χ2v) is 3.72. The van der Waals surface area contributed by atoms with Crippen molar-refractivity contribution in [3.63, 3.8) is 0 Å². The van der Waals surface area contributed by atoms with Gasteiger partial charge < -0.3 is 5.73 Å². The Morgan fingerprint density at radius 2 is 1.60 bits per heavy atom. The number of halogens is 6. The van der Waals surface area contributed by atoms with Crippen LogP contribution in [0.15, 0.2) is 18.2 Å². The molecule has 0 fully saturated rings. The highest BCUT2D eigenvalue weighted by Gasteiger charge is 2.34. The lowest BCUT2D eigenvalue weighted by Gasteiger charge is -2.09. The van der Waals surface area contributed by atoms with Gasteiger partial charge in [0.2, 0.25) is 5.95 Å². The molecular weight excluding hydrogens is 288 g/mol. The number of nitrogen functional groups attached to an aromatic ring is 1. The van der Waals surface area contributed by atoms with E-state index in [1.807, 2.05) is 0 Å². The number of hydrogen-bond donors (Lipinski definition) is 1. The maximum absolute atomic E-state index is 13.5. The van der Waals surface area contributed by atoms with Gasteiger partial charge in [0.05, 0.1) is 5.69 Å². The maximum Gasteiger partial charge on any atom is 0.433 e. The van der Waals surface area contributed by atoms with E-state index in [1.165, 1.54) is 0 Å². The molecule has 0 bridgehead atoms. The van der Waals surface area contributed by atoms with Crippen LogP contribution in [0.3, 0.4) is 0 Å². The topological polar surface area (TPSA) is 51.8 Å². The minimum Gasteiger partial charge on any atom is -0.368 e. The van der Waals surface area contributed by atoms with E-state index in [4.69, 9.17) is 5.73 Å². The van der Waals surface area contributed by atoms with Crippen molar-refractivity contribution in [1.29, 1.82) is 0 Å². The van der Waals surface area contributed by atoms with Crippen molar-refractivity contribution < 1.29 is 26.3 Å². The first kappa shape index (κ1) is 14.1. The molecule has 20 heavy (non-hydrogen) atoms. The zero-order valence-electron chi connectivity index (χ0n) is 9.47. The molecule has 0 aliphatic rings. The summed E-state index contributed by atoms with van der Waals surface area (Å²) in [4.78, 5) is 6.34. The predicted molar refractivity (Wildman–Crippen MR) is 56.8 cm³/mol. The van der Waals surface area contributed by atoms with E-state index in [0.29, 0.717) is 12.1 Å². The van der Waals surface area contributed by atoms with Crippen molar-refractivity contribution in [3.05, 3.63) is 41.3 Å². The van der Waals surface area contributed by atoms with Gasteiger partial charge in [0.25, 0.3) is 0 Å². The van der Waals surface area contributed by atoms with Crippen molar-refractivity contribution >= 4 is 5.95 Å². The van der Waals surface area contributed by atoms with Gasteiger partial charge in [-0.1, -0.05) is 0 Å². The molecule has 0 aliphatic carbocycles. The van der Waals surface area contributed by atoms with E-state index in [1.54, 1.807) is 0 Å². The largest absolute Gasteiger partial charge is 0.433 e. The maximum atomic E-state index is 13.5. The van der Waals surface area contributed by atoms with Crippen molar-refractivity contribution in [2.24, 2.45) is 0 Å². The van der Waals surface area contributed by atoms with Gasteiger partial charge in [0.15, 0.2) is 23.1 Å². The molecule has 1 heterocycles. The van der Waals surface area contributed by atoms with Gasteiger partial charge in [-0.3, -0.25) is 0 Å². The number of nitrogens with two attached hydrogens (primary N) is 1. The molecule has 0 aliphatic heterocycles. The summed E-state index contributed by atoms with van der Waals surface area (Å²) in [5.41, 5.74) is 2.44. The van der Waals surface area contributed by atoms with Crippen LogP contribution in [0.25, 0.3) is 11.3 Å². The fourth-order valence-corrected chi connectivity index (χ4v) is 1.47. The van der Waals surface area contributed by atoms with Crippen LogP contribution >= 0.6 is 0 Å². The highest BCUT2D eigenvalue weighted by molar-refractivity contribution is 5.61. The van der Waals surface area contributed by atoms with Crippen LogP contribution in [-0.4, -0.2) is 9.97 Å². The molecule has 0 amide bonds. The molecule has 0 unspecified atom stereocenters. The molecule has 3 nitrogen and oxygen atoms in total. The van der Waals surface area contributed by atoms with Crippen LogP contribution in [0.4, 0.5) is 32.3 Å². The average molecular weight is 293 g/mol. The SMILES string of the molecule is Nc1nc(-c2ccc(F)c(F)c2F)cc(C(F)(F)F)n1. The molecule has 0 saturated carbocycles. The van der Waals surface area contributed by atoms with Gasteiger partial charge >= 0.3 is 6.18 Å². The van der Waals surface area contributed by atoms with E-state index in [-0.39, 0.29) is 0 Å². The number of aromatic nitrogens is 2. The third-order valence-electron chi connectivity index (χ3n) is 2.35. The lowest BCUT2D eigenvalue weighted by Crippen LogP contribution is -2.11. The summed E-state index contributed by atoms with van der Waals surface area (Å²) in [6.45, 7) is 0. The number of hydrogen-bond acceptors (Lipinski definition) is 3. The highest BCUT2D eigenvalue weighted by atomic mass is 19.4. The van der Waals surface area contributed by atoms with Gasteiger partial charge in [-0.2, -0.15) is 13.2 Å². The monoisotopic (exact) mass is 293 g/mol. The van der Waals surface area contributed by atoms with Crippen LogP contribution < -0.4 is 5.73 Å². The number of benzene rings is 1. The van der Waals surface area contributed by atoms with Crippen LogP contribution in [-0.2, 0) is 6.18 Å².